The fraction of sp³-hybridized carbons (Fsp3) is 0.462. The van der Waals surface area contributed by atoms with Crippen molar-refractivity contribution >= 4 is 24.0 Å². The maximum Gasteiger partial charge on any atom is 0.222 e. The molecular formula is C13H21ClN2O. The van der Waals surface area contributed by atoms with Crippen LogP contribution in [0.4, 0.5) is 5.69 Å². The van der Waals surface area contributed by atoms with E-state index in [0.29, 0.717) is 6.42 Å². The summed E-state index contributed by atoms with van der Waals surface area (Å²) in [4.78, 5) is 13.5. The molecule has 3 nitrogen and oxygen atoms in total. The van der Waals surface area contributed by atoms with Crippen molar-refractivity contribution in [3.63, 3.8) is 0 Å². The first kappa shape index (κ1) is 15.8. The van der Waals surface area contributed by atoms with Gasteiger partial charge in [-0.15, -0.1) is 12.4 Å². The van der Waals surface area contributed by atoms with Gasteiger partial charge in [-0.1, -0.05) is 25.1 Å². The molecule has 1 amide bonds. The van der Waals surface area contributed by atoms with Gasteiger partial charge in [0.25, 0.3) is 0 Å². The van der Waals surface area contributed by atoms with E-state index in [0.717, 1.165) is 30.6 Å². The van der Waals surface area contributed by atoms with E-state index in [2.05, 4.69) is 6.92 Å². The van der Waals surface area contributed by atoms with Gasteiger partial charge in [0.05, 0.1) is 0 Å². The molecule has 0 radical (unpaired) electrons. The summed E-state index contributed by atoms with van der Waals surface area (Å²) in [5, 5.41) is 0. The smallest absolute Gasteiger partial charge is 0.222 e. The van der Waals surface area contributed by atoms with Gasteiger partial charge in [-0.05, 0) is 24.5 Å². The summed E-state index contributed by atoms with van der Waals surface area (Å²) in [5.41, 5.74) is 7.64. The molecule has 0 fully saturated rings. The maximum absolute atomic E-state index is 11.7. The lowest BCUT2D eigenvalue weighted by molar-refractivity contribution is -0.129. The highest BCUT2D eigenvalue weighted by Crippen LogP contribution is 2.13. The van der Waals surface area contributed by atoms with Gasteiger partial charge in [-0.25, -0.2) is 0 Å². The summed E-state index contributed by atoms with van der Waals surface area (Å²) in [6.45, 7) is 2.89. The zero-order chi connectivity index (χ0) is 12.0. The number of carbonyl (C=O) groups excluding carboxylic acids is 1. The average molecular weight is 257 g/mol. The SMILES string of the molecule is CCCN(C)C(=O)CCc1ccccc1N.Cl. The van der Waals surface area contributed by atoms with Crippen LogP contribution in [0.15, 0.2) is 24.3 Å². The van der Waals surface area contributed by atoms with Gasteiger partial charge in [-0.2, -0.15) is 0 Å². The minimum atomic E-state index is 0. The Labute approximate surface area is 109 Å². The number of anilines is 1. The molecule has 1 rings (SSSR count). The lowest BCUT2D eigenvalue weighted by atomic mass is 10.1. The van der Waals surface area contributed by atoms with Gasteiger partial charge >= 0.3 is 0 Å². The number of hydrogen-bond donors (Lipinski definition) is 1. The first-order valence-corrected chi connectivity index (χ1v) is 5.72. The molecule has 0 unspecified atom stereocenters. The van der Waals surface area contributed by atoms with E-state index >= 15 is 0 Å². The third-order valence-corrected chi connectivity index (χ3v) is 2.65. The topological polar surface area (TPSA) is 46.3 Å². The van der Waals surface area contributed by atoms with Gasteiger partial charge in [0.1, 0.15) is 0 Å². The van der Waals surface area contributed by atoms with Crippen molar-refractivity contribution in [3.05, 3.63) is 29.8 Å². The maximum atomic E-state index is 11.7. The summed E-state index contributed by atoms with van der Waals surface area (Å²) in [6, 6.07) is 7.70. The van der Waals surface area contributed by atoms with Crippen molar-refractivity contribution in [1.29, 1.82) is 0 Å². The van der Waals surface area contributed by atoms with Crippen molar-refractivity contribution < 1.29 is 4.79 Å². The molecule has 2 N–H and O–H groups in total. The number of amides is 1. The molecule has 0 bridgehead atoms. The van der Waals surface area contributed by atoms with Gasteiger partial charge in [0.2, 0.25) is 5.91 Å². The Morgan fingerprint density at radius 3 is 2.59 bits per heavy atom. The predicted octanol–water partition coefficient (Wildman–Crippen LogP) is 2.49. The van der Waals surface area contributed by atoms with Crippen LogP contribution in [0.5, 0.6) is 0 Å². The Morgan fingerprint density at radius 1 is 1.35 bits per heavy atom. The number of benzene rings is 1. The number of aryl methyl sites for hydroxylation is 1. The summed E-state index contributed by atoms with van der Waals surface area (Å²) in [6.07, 6.45) is 2.25. The highest BCUT2D eigenvalue weighted by Gasteiger charge is 2.08. The fourth-order valence-electron chi connectivity index (χ4n) is 1.65. The zero-order valence-electron chi connectivity index (χ0n) is 10.5. The molecule has 0 aliphatic heterocycles. The van der Waals surface area contributed by atoms with Gasteiger partial charge in [-0.3, -0.25) is 4.79 Å². The predicted molar refractivity (Wildman–Crippen MR) is 74.4 cm³/mol. The molecule has 17 heavy (non-hydrogen) atoms. The number of halogens is 1. The zero-order valence-corrected chi connectivity index (χ0v) is 11.3. The van der Waals surface area contributed by atoms with E-state index in [1.165, 1.54) is 0 Å². The van der Waals surface area contributed by atoms with Gasteiger partial charge < -0.3 is 10.6 Å². The molecule has 4 heteroatoms. The highest BCUT2D eigenvalue weighted by atomic mass is 35.5. The summed E-state index contributed by atoms with van der Waals surface area (Å²) >= 11 is 0. The van der Waals surface area contributed by atoms with E-state index in [9.17, 15) is 4.79 Å². The van der Waals surface area contributed by atoms with Gasteiger partial charge in [0, 0.05) is 25.7 Å². The second kappa shape index (κ2) is 7.96. The molecule has 0 spiro atoms. The minimum Gasteiger partial charge on any atom is -0.399 e. The minimum absolute atomic E-state index is 0. The number of hydrogen-bond acceptors (Lipinski definition) is 2. The standard InChI is InChI=1S/C13H20N2O.ClH/c1-3-10-15(2)13(16)9-8-11-6-4-5-7-12(11)14;/h4-7H,3,8-10,14H2,1-2H3;1H. The molecule has 96 valence electrons. The Kier molecular flexibility index (Phi) is 7.39. The largest absolute Gasteiger partial charge is 0.399 e. The number of rotatable bonds is 5. The lowest BCUT2D eigenvalue weighted by Gasteiger charge is -2.16. The lowest BCUT2D eigenvalue weighted by Crippen LogP contribution is -2.27. The van der Waals surface area contributed by atoms with Crippen LogP contribution in [0.1, 0.15) is 25.3 Å². The molecule has 1 aromatic rings. The van der Waals surface area contributed by atoms with E-state index < -0.39 is 0 Å². The van der Waals surface area contributed by atoms with Crippen molar-refractivity contribution in [2.45, 2.75) is 26.2 Å². The second-order valence-electron chi connectivity index (χ2n) is 4.01. The molecule has 0 aromatic heterocycles. The van der Waals surface area contributed by atoms with Crippen molar-refractivity contribution in [1.82, 2.24) is 4.90 Å². The first-order valence-electron chi connectivity index (χ1n) is 5.72. The van der Waals surface area contributed by atoms with E-state index in [1.54, 1.807) is 4.90 Å². The molecule has 0 aliphatic rings. The van der Waals surface area contributed by atoms with Crippen LogP contribution in [0.25, 0.3) is 0 Å². The number of nitrogen functional groups attached to an aromatic ring is 1. The van der Waals surface area contributed by atoms with Crippen LogP contribution < -0.4 is 5.73 Å². The third-order valence-electron chi connectivity index (χ3n) is 2.65. The second-order valence-corrected chi connectivity index (χ2v) is 4.01. The van der Waals surface area contributed by atoms with Crippen LogP contribution in [0, 0.1) is 0 Å². The van der Waals surface area contributed by atoms with Crippen LogP contribution in [-0.4, -0.2) is 24.4 Å². The number of para-hydroxylation sites is 1. The van der Waals surface area contributed by atoms with Crippen molar-refractivity contribution in [3.8, 4) is 0 Å². The molecule has 1 aromatic carbocycles. The molecular weight excluding hydrogens is 236 g/mol. The van der Waals surface area contributed by atoms with E-state index in [4.69, 9.17) is 5.73 Å². The Hall–Kier alpha value is -1.22. The quantitative estimate of drug-likeness (QED) is 0.823. The Morgan fingerprint density at radius 2 is 2.00 bits per heavy atom. The highest BCUT2D eigenvalue weighted by molar-refractivity contribution is 5.85. The van der Waals surface area contributed by atoms with Crippen molar-refractivity contribution in [2.75, 3.05) is 19.3 Å². The summed E-state index contributed by atoms with van der Waals surface area (Å²) in [5.74, 6) is 0.185. The normalized spacial score (nSPS) is 9.53. The van der Waals surface area contributed by atoms with Crippen LogP contribution in [-0.2, 0) is 11.2 Å². The van der Waals surface area contributed by atoms with Crippen LogP contribution in [0.3, 0.4) is 0 Å². The van der Waals surface area contributed by atoms with Crippen LogP contribution in [0.2, 0.25) is 0 Å². The van der Waals surface area contributed by atoms with Crippen LogP contribution >= 0.6 is 12.4 Å². The number of carbonyl (C=O) groups is 1. The first-order chi connectivity index (χ1) is 7.65. The molecule has 0 saturated heterocycles. The Bertz CT molecular complexity index is 355. The number of nitrogens with zero attached hydrogens (tertiary/aromatic N) is 1. The third kappa shape index (κ3) is 5.09. The summed E-state index contributed by atoms with van der Waals surface area (Å²) in [7, 11) is 1.85. The number of nitrogens with two attached hydrogens (primary N) is 1. The van der Waals surface area contributed by atoms with E-state index in [-0.39, 0.29) is 18.3 Å². The van der Waals surface area contributed by atoms with E-state index in [1.807, 2.05) is 31.3 Å². The fourth-order valence-corrected chi connectivity index (χ4v) is 1.65. The molecule has 0 saturated carbocycles. The Balaban J connectivity index is 0.00000256. The molecule has 0 aliphatic carbocycles. The molecule has 0 heterocycles. The molecule has 0 atom stereocenters. The monoisotopic (exact) mass is 256 g/mol. The van der Waals surface area contributed by atoms with Crippen molar-refractivity contribution in [2.24, 2.45) is 0 Å². The summed E-state index contributed by atoms with van der Waals surface area (Å²) < 4.78 is 0. The van der Waals surface area contributed by atoms with Gasteiger partial charge in [0.15, 0.2) is 0 Å². The average Bonchev–Trinajstić information content (AvgIpc) is 2.28.